The van der Waals surface area contributed by atoms with Gasteiger partial charge in [-0.3, -0.25) is 9.89 Å². The molecule has 2 aromatic rings. The number of hydrogen-bond donors (Lipinski definition) is 1. The van der Waals surface area contributed by atoms with Crippen molar-refractivity contribution in [3.63, 3.8) is 0 Å². The second-order valence-electron chi connectivity index (χ2n) is 6.30. The molecule has 1 N–H and O–H groups in total. The maximum atomic E-state index is 12.7. The summed E-state index contributed by atoms with van der Waals surface area (Å²) >= 11 is 0. The largest absolute Gasteiger partial charge is 0.373 e. The van der Waals surface area contributed by atoms with Gasteiger partial charge in [-0.15, -0.1) is 0 Å². The number of benzene rings is 1. The Hall–Kier alpha value is -2.14. The molecule has 1 aromatic heterocycles. The van der Waals surface area contributed by atoms with Crippen LogP contribution in [0.25, 0.3) is 0 Å². The van der Waals surface area contributed by atoms with Crippen LogP contribution >= 0.6 is 0 Å². The molecule has 24 heavy (non-hydrogen) atoms. The van der Waals surface area contributed by atoms with Crippen molar-refractivity contribution in [2.45, 2.75) is 45.3 Å². The quantitative estimate of drug-likeness (QED) is 0.886. The predicted octanol–water partition coefficient (Wildman–Crippen LogP) is 3.18. The lowest BCUT2D eigenvalue weighted by molar-refractivity contribution is -0.000399. The van der Waals surface area contributed by atoms with E-state index in [1.165, 1.54) is 5.56 Å². The van der Waals surface area contributed by atoms with E-state index in [2.05, 4.69) is 29.3 Å². The van der Waals surface area contributed by atoms with Crippen LogP contribution in [0.1, 0.15) is 47.8 Å². The number of piperidine rings is 1. The topological polar surface area (TPSA) is 58.2 Å². The average molecular weight is 327 g/mol. The fraction of sp³-hybridized carbons (Fsp3) is 0.474. The van der Waals surface area contributed by atoms with Crippen molar-refractivity contribution in [1.29, 1.82) is 0 Å². The third kappa shape index (κ3) is 4.03. The molecule has 1 fully saturated rings. The van der Waals surface area contributed by atoms with E-state index in [-0.39, 0.29) is 12.0 Å². The minimum atomic E-state index is 0.0914. The highest BCUT2D eigenvalue weighted by Gasteiger charge is 2.26. The molecule has 1 saturated heterocycles. The van der Waals surface area contributed by atoms with E-state index in [0.717, 1.165) is 50.0 Å². The third-order valence-corrected chi connectivity index (χ3v) is 4.51. The molecule has 5 heteroatoms. The Bertz CT molecular complexity index is 646. The lowest BCUT2D eigenvalue weighted by Crippen LogP contribution is -2.41. The smallest absolute Gasteiger partial charge is 0.257 e. The van der Waals surface area contributed by atoms with Gasteiger partial charge in [-0.05, 0) is 24.8 Å². The van der Waals surface area contributed by atoms with E-state index in [1.807, 2.05) is 23.1 Å². The van der Waals surface area contributed by atoms with Crippen LogP contribution < -0.4 is 0 Å². The molecule has 0 spiro atoms. The molecule has 128 valence electrons. The van der Waals surface area contributed by atoms with Crippen molar-refractivity contribution >= 4 is 5.91 Å². The Kier molecular flexibility index (Phi) is 5.64. The number of hydrogen-bond acceptors (Lipinski definition) is 3. The molecular formula is C19H25N3O2. The maximum Gasteiger partial charge on any atom is 0.257 e. The second kappa shape index (κ2) is 8.11. The first kappa shape index (κ1) is 16.7. The molecule has 1 aliphatic rings. The number of aromatic nitrogens is 2. The first-order valence-corrected chi connectivity index (χ1v) is 8.75. The van der Waals surface area contributed by atoms with Gasteiger partial charge < -0.3 is 9.64 Å². The average Bonchev–Trinajstić information content (AvgIpc) is 3.09. The molecule has 0 bridgehead atoms. The number of likely N-dealkylation sites (tertiary alicyclic amines) is 1. The van der Waals surface area contributed by atoms with Crippen LogP contribution in [-0.2, 0) is 17.8 Å². The number of nitrogens with one attached hydrogen (secondary N) is 1. The minimum Gasteiger partial charge on any atom is -0.373 e. The standard InChI is InChI=1S/C19H25N3O2/c1-2-6-18-17(13-20-21-18)19(23)22-11-9-16(10-12-22)24-14-15-7-4-3-5-8-15/h3-5,7-8,13,16H,2,6,9-12,14H2,1H3,(H,20,21). The number of ether oxygens (including phenoxy) is 1. The van der Waals surface area contributed by atoms with Crippen molar-refractivity contribution < 1.29 is 9.53 Å². The summed E-state index contributed by atoms with van der Waals surface area (Å²) in [6, 6.07) is 10.2. The monoisotopic (exact) mass is 327 g/mol. The summed E-state index contributed by atoms with van der Waals surface area (Å²) in [5.74, 6) is 0.0914. The zero-order valence-electron chi connectivity index (χ0n) is 14.2. The van der Waals surface area contributed by atoms with Crippen molar-refractivity contribution in [3.8, 4) is 0 Å². The van der Waals surface area contributed by atoms with Gasteiger partial charge in [-0.1, -0.05) is 43.7 Å². The van der Waals surface area contributed by atoms with Crippen molar-refractivity contribution in [3.05, 3.63) is 53.3 Å². The van der Waals surface area contributed by atoms with Gasteiger partial charge >= 0.3 is 0 Å². The zero-order chi connectivity index (χ0) is 16.8. The Morgan fingerprint density at radius 1 is 1.29 bits per heavy atom. The molecule has 1 aromatic carbocycles. The molecule has 3 rings (SSSR count). The van der Waals surface area contributed by atoms with E-state index >= 15 is 0 Å². The minimum absolute atomic E-state index is 0.0914. The van der Waals surface area contributed by atoms with E-state index in [1.54, 1.807) is 6.20 Å². The van der Waals surface area contributed by atoms with Gasteiger partial charge in [0.25, 0.3) is 5.91 Å². The van der Waals surface area contributed by atoms with Crippen molar-refractivity contribution in [2.75, 3.05) is 13.1 Å². The summed E-state index contributed by atoms with van der Waals surface area (Å²) in [4.78, 5) is 14.6. The second-order valence-corrected chi connectivity index (χ2v) is 6.30. The molecular weight excluding hydrogens is 302 g/mol. The number of nitrogens with zero attached hydrogens (tertiary/aromatic N) is 2. The number of carbonyl (C=O) groups is 1. The van der Waals surface area contributed by atoms with Gasteiger partial charge in [0.15, 0.2) is 0 Å². The van der Waals surface area contributed by atoms with Gasteiger partial charge in [0.1, 0.15) is 0 Å². The van der Waals surface area contributed by atoms with Crippen LogP contribution in [0.4, 0.5) is 0 Å². The normalized spacial score (nSPS) is 15.6. The Morgan fingerprint density at radius 3 is 2.75 bits per heavy atom. The van der Waals surface area contributed by atoms with Gasteiger partial charge in [0.05, 0.1) is 24.5 Å². The van der Waals surface area contributed by atoms with E-state index in [4.69, 9.17) is 4.74 Å². The maximum absolute atomic E-state index is 12.7. The highest BCUT2D eigenvalue weighted by atomic mass is 16.5. The molecule has 0 aliphatic carbocycles. The molecule has 5 nitrogen and oxygen atoms in total. The van der Waals surface area contributed by atoms with Crippen LogP contribution in [0.2, 0.25) is 0 Å². The van der Waals surface area contributed by atoms with Crippen LogP contribution in [0.3, 0.4) is 0 Å². The van der Waals surface area contributed by atoms with Crippen LogP contribution in [0, 0.1) is 0 Å². The van der Waals surface area contributed by atoms with Gasteiger partial charge in [-0.2, -0.15) is 5.10 Å². The van der Waals surface area contributed by atoms with Crippen molar-refractivity contribution in [1.82, 2.24) is 15.1 Å². The van der Waals surface area contributed by atoms with E-state index in [9.17, 15) is 4.79 Å². The van der Waals surface area contributed by atoms with Crippen LogP contribution in [-0.4, -0.2) is 40.2 Å². The van der Waals surface area contributed by atoms with Gasteiger partial charge in [0.2, 0.25) is 0 Å². The van der Waals surface area contributed by atoms with Gasteiger partial charge in [0, 0.05) is 18.8 Å². The lowest BCUT2D eigenvalue weighted by atomic mass is 10.1. The summed E-state index contributed by atoms with van der Waals surface area (Å²) in [5, 5.41) is 6.99. The fourth-order valence-corrected chi connectivity index (χ4v) is 3.12. The summed E-state index contributed by atoms with van der Waals surface area (Å²) in [5.41, 5.74) is 2.86. The Labute approximate surface area is 143 Å². The van der Waals surface area contributed by atoms with E-state index in [0.29, 0.717) is 6.61 Å². The predicted molar refractivity (Wildman–Crippen MR) is 92.7 cm³/mol. The van der Waals surface area contributed by atoms with Crippen molar-refractivity contribution in [2.24, 2.45) is 0 Å². The van der Waals surface area contributed by atoms with Crippen LogP contribution in [0.5, 0.6) is 0 Å². The molecule has 2 heterocycles. The first-order chi connectivity index (χ1) is 11.8. The SMILES string of the molecule is CCCc1[nH]ncc1C(=O)N1CCC(OCc2ccccc2)CC1. The highest BCUT2D eigenvalue weighted by molar-refractivity contribution is 5.95. The van der Waals surface area contributed by atoms with Crippen LogP contribution in [0.15, 0.2) is 36.5 Å². The lowest BCUT2D eigenvalue weighted by Gasteiger charge is -2.32. The third-order valence-electron chi connectivity index (χ3n) is 4.51. The van der Waals surface area contributed by atoms with E-state index < -0.39 is 0 Å². The first-order valence-electron chi connectivity index (χ1n) is 8.75. The molecule has 0 atom stereocenters. The number of aromatic amines is 1. The molecule has 0 saturated carbocycles. The summed E-state index contributed by atoms with van der Waals surface area (Å²) < 4.78 is 5.99. The molecule has 0 radical (unpaired) electrons. The number of H-pyrrole nitrogens is 1. The highest BCUT2D eigenvalue weighted by Crippen LogP contribution is 2.19. The zero-order valence-corrected chi connectivity index (χ0v) is 14.2. The summed E-state index contributed by atoms with van der Waals surface area (Å²) in [6.07, 6.45) is 5.52. The Balaban J connectivity index is 1.49. The Morgan fingerprint density at radius 2 is 2.04 bits per heavy atom. The molecule has 0 unspecified atom stereocenters. The number of aryl methyl sites for hydroxylation is 1. The molecule has 1 amide bonds. The molecule has 1 aliphatic heterocycles. The summed E-state index contributed by atoms with van der Waals surface area (Å²) in [6.45, 7) is 4.23. The number of amides is 1. The van der Waals surface area contributed by atoms with Gasteiger partial charge in [-0.25, -0.2) is 0 Å². The summed E-state index contributed by atoms with van der Waals surface area (Å²) in [7, 11) is 0. The fourth-order valence-electron chi connectivity index (χ4n) is 3.12. The number of rotatable bonds is 6. The number of carbonyl (C=O) groups excluding carboxylic acids is 1.